The molecular formula is C14H20N2O5. The number of carbonyl (C=O) groups excluding carboxylic acids is 2. The van der Waals surface area contributed by atoms with E-state index in [1.807, 2.05) is 0 Å². The number of furan rings is 1. The third-order valence-electron chi connectivity index (χ3n) is 2.83. The Morgan fingerprint density at radius 1 is 1.24 bits per heavy atom. The van der Waals surface area contributed by atoms with Crippen molar-refractivity contribution in [2.45, 2.75) is 45.6 Å². The molecule has 1 aromatic heterocycles. The number of carboxylic acids is 1. The number of aryl methyl sites for hydroxylation is 1. The molecule has 1 rings (SSSR count). The average Bonchev–Trinajstić information content (AvgIpc) is 2.81. The van der Waals surface area contributed by atoms with E-state index in [-0.39, 0.29) is 18.9 Å². The number of imide groups is 1. The lowest BCUT2D eigenvalue weighted by Gasteiger charge is -2.11. The number of amides is 3. The first-order valence-electron chi connectivity index (χ1n) is 6.77. The Kier molecular flexibility index (Phi) is 6.45. The number of aliphatic carboxylic acids is 1. The molecule has 1 atom stereocenters. The van der Waals surface area contributed by atoms with Crippen LogP contribution in [-0.2, 0) is 9.59 Å². The molecule has 0 radical (unpaired) electrons. The summed E-state index contributed by atoms with van der Waals surface area (Å²) in [5, 5.41) is 13.2. The van der Waals surface area contributed by atoms with E-state index in [1.165, 1.54) is 0 Å². The van der Waals surface area contributed by atoms with Gasteiger partial charge in [-0.15, -0.1) is 0 Å². The molecule has 1 heterocycles. The van der Waals surface area contributed by atoms with E-state index in [4.69, 9.17) is 9.52 Å². The quantitative estimate of drug-likeness (QED) is 0.668. The van der Waals surface area contributed by atoms with Crippen LogP contribution in [0, 0.1) is 6.92 Å². The fourth-order valence-electron chi connectivity index (χ4n) is 1.74. The van der Waals surface area contributed by atoms with Gasteiger partial charge in [-0.2, -0.15) is 0 Å². The van der Waals surface area contributed by atoms with Gasteiger partial charge in [0.15, 0.2) is 0 Å². The summed E-state index contributed by atoms with van der Waals surface area (Å²) >= 11 is 0. The van der Waals surface area contributed by atoms with Crippen LogP contribution in [-0.4, -0.2) is 23.0 Å². The summed E-state index contributed by atoms with van der Waals surface area (Å²) in [7, 11) is 0. The number of hydrogen-bond donors (Lipinski definition) is 3. The highest BCUT2D eigenvalue weighted by Gasteiger charge is 2.14. The molecule has 0 aliphatic rings. The van der Waals surface area contributed by atoms with Crippen LogP contribution in [0.3, 0.4) is 0 Å². The second-order valence-corrected chi connectivity index (χ2v) is 4.79. The first kappa shape index (κ1) is 16.7. The Balaban J connectivity index is 2.26. The fourth-order valence-corrected chi connectivity index (χ4v) is 1.74. The van der Waals surface area contributed by atoms with Gasteiger partial charge in [0.25, 0.3) is 0 Å². The van der Waals surface area contributed by atoms with Crippen LogP contribution in [0.1, 0.15) is 50.2 Å². The lowest BCUT2D eigenvalue weighted by molar-refractivity contribution is -0.137. The minimum absolute atomic E-state index is 0.0222. The van der Waals surface area contributed by atoms with Crippen molar-refractivity contribution in [1.29, 1.82) is 0 Å². The molecule has 1 aromatic rings. The molecule has 7 heteroatoms. The smallest absolute Gasteiger partial charge is 0.322 e. The molecule has 0 bridgehead atoms. The van der Waals surface area contributed by atoms with Crippen molar-refractivity contribution in [3.8, 4) is 0 Å². The molecule has 0 aromatic carbocycles. The first-order chi connectivity index (χ1) is 9.88. The van der Waals surface area contributed by atoms with Crippen LogP contribution >= 0.6 is 0 Å². The molecule has 1 unspecified atom stereocenters. The van der Waals surface area contributed by atoms with Crippen LogP contribution in [0.2, 0.25) is 0 Å². The van der Waals surface area contributed by atoms with Gasteiger partial charge in [-0.25, -0.2) is 4.79 Å². The van der Waals surface area contributed by atoms with Crippen LogP contribution in [0.25, 0.3) is 0 Å². The third-order valence-corrected chi connectivity index (χ3v) is 2.83. The molecule has 0 saturated heterocycles. The highest BCUT2D eigenvalue weighted by atomic mass is 16.4. The molecular weight excluding hydrogens is 276 g/mol. The number of hydrogen-bond acceptors (Lipinski definition) is 4. The van der Waals surface area contributed by atoms with Gasteiger partial charge in [-0.1, -0.05) is 0 Å². The summed E-state index contributed by atoms with van der Waals surface area (Å²) in [5.74, 6) is 0.0292. The number of carboxylic acid groups (broad SMARTS) is 1. The zero-order valence-electron chi connectivity index (χ0n) is 12.1. The van der Waals surface area contributed by atoms with Gasteiger partial charge >= 0.3 is 12.0 Å². The molecule has 0 aliphatic carbocycles. The molecule has 0 saturated carbocycles. The molecule has 21 heavy (non-hydrogen) atoms. The standard InChI is InChI=1S/C14H20N2O5/c1-9-7-8-11(21-9)10(2)15-14(20)16-12(17)5-3-4-6-13(18)19/h7-8,10H,3-6H2,1-2H3,(H,18,19)(H2,15,16,17,20). The number of rotatable bonds is 7. The Morgan fingerprint density at radius 2 is 1.90 bits per heavy atom. The first-order valence-corrected chi connectivity index (χ1v) is 6.77. The predicted molar refractivity (Wildman–Crippen MR) is 74.6 cm³/mol. The Hall–Kier alpha value is -2.31. The minimum Gasteiger partial charge on any atom is -0.481 e. The molecule has 3 N–H and O–H groups in total. The van der Waals surface area contributed by atoms with Crippen molar-refractivity contribution in [2.75, 3.05) is 0 Å². The van der Waals surface area contributed by atoms with Gasteiger partial charge in [0.05, 0.1) is 6.04 Å². The monoisotopic (exact) mass is 296 g/mol. The fraction of sp³-hybridized carbons (Fsp3) is 0.500. The van der Waals surface area contributed by atoms with Gasteiger partial charge in [0.2, 0.25) is 5.91 Å². The maximum absolute atomic E-state index is 11.6. The van der Waals surface area contributed by atoms with Crippen molar-refractivity contribution in [2.24, 2.45) is 0 Å². The lowest BCUT2D eigenvalue weighted by atomic mass is 10.2. The largest absolute Gasteiger partial charge is 0.481 e. The van der Waals surface area contributed by atoms with Crippen molar-refractivity contribution in [1.82, 2.24) is 10.6 Å². The van der Waals surface area contributed by atoms with Crippen LogP contribution in [0.4, 0.5) is 4.79 Å². The summed E-state index contributed by atoms with van der Waals surface area (Å²) in [6, 6.07) is 2.60. The van der Waals surface area contributed by atoms with E-state index < -0.39 is 17.9 Å². The summed E-state index contributed by atoms with van der Waals surface area (Å²) in [5.41, 5.74) is 0. The van der Waals surface area contributed by atoms with Crippen LogP contribution < -0.4 is 10.6 Å². The average molecular weight is 296 g/mol. The van der Waals surface area contributed by atoms with Gasteiger partial charge in [0, 0.05) is 12.8 Å². The lowest BCUT2D eigenvalue weighted by Crippen LogP contribution is -2.40. The highest BCUT2D eigenvalue weighted by Crippen LogP contribution is 2.15. The van der Waals surface area contributed by atoms with E-state index >= 15 is 0 Å². The van der Waals surface area contributed by atoms with Gasteiger partial charge in [0.1, 0.15) is 11.5 Å². The van der Waals surface area contributed by atoms with E-state index in [0.717, 1.165) is 5.76 Å². The Labute approximate surface area is 122 Å². The molecule has 116 valence electrons. The van der Waals surface area contributed by atoms with Crippen LogP contribution in [0.5, 0.6) is 0 Å². The summed E-state index contributed by atoms with van der Waals surface area (Å²) < 4.78 is 5.37. The highest BCUT2D eigenvalue weighted by molar-refractivity contribution is 5.94. The third kappa shape index (κ3) is 6.60. The van der Waals surface area contributed by atoms with E-state index in [0.29, 0.717) is 18.6 Å². The number of urea groups is 1. The van der Waals surface area contributed by atoms with Gasteiger partial charge in [-0.3, -0.25) is 14.9 Å². The van der Waals surface area contributed by atoms with E-state index in [1.54, 1.807) is 26.0 Å². The van der Waals surface area contributed by atoms with Crippen molar-refractivity contribution in [3.05, 3.63) is 23.7 Å². The van der Waals surface area contributed by atoms with Gasteiger partial charge < -0.3 is 14.8 Å². The zero-order valence-corrected chi connectivity index (χ0v) is 12.1. The Morgan fingerprint density at radius 3 is 2.48 bits per heavy atom. The Bertz CT molecular complexity index is 509. The maximum Gasteiger partial charge on any atom is 0.322 e. The molecule has 0 spiro atoms. The number of carbonyl (C=O) groups is 3. The molecule has 3 amide bonds. The van der Waals surface area contributed by atoms with Crippen molar-refractivity contribution >= 4 is 17.9 Å². The molecule has 7 nitrogen and oxygen atoms in total. The predicted octanol–water partition coefficient (Wildman–Crippen LogP) is 2.12. The molecule has 0 fully saturated rings. The maximum atomic E-state index is 11.6. The second kappa shape index (κ2) is 8.08. The number of unbranched alkanes of at least 4 members (excludes halogenated alkanes) is 1. The number of nitrogens with one attached hydrogen (secondary N) is 2. The second-order valence-electron chi connectivity index (χ2n) is 4.79. The molecule has 0 aliphatic heterocycles. The summed E-state index contributed by atoms with van der Waals surface area (Å²) in [4.78, 5) is 33.4. The zero-order chi connectivity index (χ0) is 15.8. The normalized spacial score (nSPS) is 11.7. The van der Waals surface area contributed by atoms with Crippen molar-refractivity contribution in [3.63, 3.8) is 0 Å². The summed E-state index contributed by atoms with van der Waals surface area (Å²) in [6.07, 6.45) is 0.980. The van der Waals surface area contributed by atoms with Gasteiger partial charge in [-0.05, 0) is 38.8 Å². The van der Waals surface area contributed by atoms with Crippen molar-refractivity contribution < 1.29 is 23.9 Å². The van der Waals surface area contributed by atoms with Crippen LogP contribution in [0.15, 0.2) is 16.5 Å². The van der Waals surface area contributed by atoms with E-state index in [9.17, 15) is 14.4 Å². The minimum atomic E-state index is -0.893. The SMILES string of the molecule is Cc1ccc(C(C)NC(=O)NC(=O)CCCCC(=O)O)o1. The summed E-state index contributed by atoms with van der Waals surface area (Å²) in [6.45, 7) is 3.55. The van der Waals surface area contributed by atoms with E-state index in [2.05, 4.69) is 10.6 Å². The topological polar surface area (TPSA) is 109 Å².